The van der Waals surface area contributed by atoms with Crippen molar-refractivity contribution in [3.05, 3.63) is 59.7 Å². The van der Waals surface area contributed by atoms with Crippen LogP contribution in [-0.4, -0.2) is 39.2 Å². The van der Waals surface area contributed by atoms with Crippen LogP contribution in [0.15, 0.2) is 53.1 Å². The Balaban J connectivity index is 1.40. The van der Waals surface area contributed by atoms with E-state index < -0.39 is 5.97 Å². The van der Waals surface area contributed by atoms with E-state index in [1.54, 1.807) is 0 Å². The van der Waals surface area contributed by atoms with Crippen molar-refractivity contribution < 1.29 is 14.4 Å². The molecule has 0 unspecified atom stereocenters. The van der Waals surface area contributed by atoms with Crippen molar-refractivity contribution in [3.8, 4) is 22.8 Å². The molecule has 4 rings (SSSR count). The molecule has 3 aromatic rings. The summed E-state index contributed by atoms with van der Waals surface area (Å²) >= 11 is 0. The molecule has 1 aliphatic rings. The van der Waals surface area contributed by atoms with Gasteiger partial charge in [0.1, 0.15) is 0 Å². The monoisotopic (exact) mass is 405 g/mol. The molecule has 1 aliphatic heterocycles. The molecule has 0 radical (unpaired) electrons. The molecule has 0 amide bonds. The van der Waals surface area contributed by atoms with E-state index in [0.29, 0.717) is 24.2 Å². The minimum Gasteiger partial charge on any atom is -0.481 e. The highest BCUT2D eigenvalue weighted by Crippen LogP contribution is 2.24. The van der Waals surface area contributed by atoms with Crippen LogP contribution < -0.4 is 0 Å². The Kier molecular flexibility index (Phi) is 5.95. The first-order chi connectivity index (χ1) is 14.5. The molecule has 6 nitrogen and oxygen atoms in total. The summed E-state index contributed by atoms with van der Waals surface area (Å²) in [4.78, 5) is 17.8. The van der Waals surface area contributed by atoms with E-state index in [0.717, 1.165) is 42.6 Å². The highest BCUT2D eigenvalue weighted by Gasteiger charge is 2.27. The normalized spacial score (nSPS) is 17.0. The van der Waals surface area contributed by atoms with Gasteiger partial charge in [-0.2, -0.15) is 4.98 Å². The maximum atomic E-state index is 11.1. The van der Waals surface area contributed by atoms with E-state index in [9.17, 15) is 4.79 Å². The predicted molar refractivity (Wildman–Crippen MR) is 115 cm³/mol. The molecule has 2 heterocycles. The number of likely N-dealkylation sites (tertiary alicyclic amines) is 1. The first-order valence-corrected chi connectivity index (χ1v) is 10.5. The standard InChI is InChI=1S/C24H27N3O3/c1-16(2)13-17-3-9-20(10-4-17)23-25-22(26-30-23)19-7-5-18(6-8-19)14-27-12-11-21(15-27)24(28)29/h3-10,16,21H,11-15H2,1-2H3,(H,28,29)/t21-/m1/s1. The van der Waals surface area contributed by atoms with Crippen molar-refractivity contribution in [2.75, 3.05) is 13.1 Å². The Morgan fingerprint density at radius 3 is 2.40 bits per heavy atom. The van der Waals surface area contributed by atoms with Crippen LogP contribution in [0.25, 0.3) is 22.8 Å². The number of nitrogens with zero attached hydrogens (tertiary/aromatic N) is 3. The number of hydrogen-bond acceptors (Lipinski definition) is 5. The minimum absolute atomic E-state index is 0.249. The molecule has 0 spiro atoms. The summed E-state index contributed by atoms with van der Waals surface area (Å²) in [6, 6.07) is 16.3. The van der Waals surface area contributed by atoms with Crippen LogP contribution in [0.3, 0.4) is 0 Å². The lowest BCUT2D eigenvalue weighted by molar-refractivity contribution is -0.141. The van der Waals surface area contributed by atoms with Gasteiger partial charge in [-0.15, -0.1) is 0 Å². The first kappa shape index (κ1) is 20.3. The van der Waals surface area contributed by atoms with E-state index in [2.05, 4.69) is 41.0 Å². The van der Waals surface area contributed by atoms with Gasteiger partial charge >= 0.3 is 5.97 Å². The molecule has 1 saturated heterocycles. The highest BCUT2D eigenvalue weighted by atomic mass is 16.5. The Hall–Kier alpha value is -2.99. The third kappa shape index (κ3) is 4.76. The Morgan fingerprint density at radius 2 is 1.77 bits per heavy atom. The quantitative estimate of drug-likeness (QED) is 0.623. The average Bonchev–Trinajstić information content (AvgIpc) is 3.39. The van der Waals surface area contributed by atoms with Crippen LogP contribution in [0.5, 0.6) is 0 Å². The maximum Gasteiger partial charge on any atom is 0.307 e. The van der Waals surface area contributed by atoms with E-state index >= 15 is 0 Å². The number of aliphatic carboxylic acids is 1. The Morgan fingerprint density at radius 1 is 1.10 bits per heavy atom. The molecule has 0 aliphatic carbocycles. The second-order valence-electron chi connectivity index (χ2n) is 8.47. The number of rotatable bonds is 7. The largest absolute Gasteiger partial charge is 0.481 e. The Bertz CT molecular complexity index is 993. The molecule has 1 fully saturated rings. The second kappa shape index (κ2) is 8.79. The van der Waals surface area contributed by atoms with Gasteiger partial charge in [0.05, 0.1) is 5.92 Å². The second-order valence-corrected chi connectivity index (χ2v) is 8.47. The van der Waals surface area contributed by atoms with Crippen LogP contribution in [0.2, 0.25) is 0 Å². The van der Waals surface area contributed by atoms with Crippen molar-refractivity contribution in [1.29, 1.82) is 0 Å². The van der Waals surface area contributed by atoms with Gasteiger partial charge in [0.25, 0.3) is 5.89 Å². The Labute approximate surface area is 176 Å². The summed E-state index contributed by atoms with van der Waals surface area (Å²) in [6.45, 7) is 6.61. The fourth-order valence-corrected chi connectivity index (χ4v) is 3.91. The van der Waals surface area contributed by atoms with Crippen molar-refractivity contribution in [1.82, 2.24) is 15.0 Å². The van der Waals surface area contributed by atoms with Crippen molar-refractivity contribution >= 4 is 5.97 Å². The summed E-state index contributed by atoms with van der Waals surface area (Å²) in [6.07, 6.45) is 1.77. The summed E-state index contributed by atoms with van der Waals surface area (Å²) in [5.74, 6) is 0.756. The van der Waals surface area contributed by atoms with Crippen molar-refractivity contribution in [3.63, 3.8) is 0 Å². The molecule has 0 bridgehead atoms. The predicted octanol–water partition coefficient (Wildman–Crippen LogP) is 4.51. The average molecular weight is 405 g/mol. The summed E-state index contributed by atoms with van der Waals surface area (Å²) in [5.41, 5.74) is 4.26. The van der Waals surface area contributed by atoms with Gasteiger partial charge in [-0.1, -0.05) is 55.4 Å². The SMILES string of the molecule is CC(C)Cc1ccc(-c2nc(-c3ccc(CN4CC[C@@H](C(=O)O)C4)cc3)no2)cc1. The molecule has 1 N–H and O–H groups in total. The zero-order valence-electron chi connectivity index (χ0n) is 17.4. The summed E-state index contributed by atoms with van der Waals surface area (Å²) in [5, 5.41) is 13.3. The van der Waals surface area contributed by atoms with Crippen molar-refractivity contribution in [2.45, 2.75) is 33.2 Å². The number of aromatic nitrogens is 2. The molecular formula is C24H27N3O3. The van der Waals surface area contributed by atoms with E-state index in [1.807, 2.05) is 36.4 Å². The lowest BCUT2D eigenvalue weighted by atomic mass is 10.0. The third-order valence-electron chi connectivity index (χ3n) is 5.51. The first-order valence-electron chi connectivity index (χ1n) is 10.5. The third-order valence-corrected chi connectivity index (χ3v) is 5.51. The fourth-order valence-electron chi connectivity index (χ4n) is 3.91. The highest BCUT2D eigenvalue weighted by molar-refractivity contribution is 5.70. The van der Waals surface area contributed by atoms with Gasteiger partial charge in [0.2, 0.25) is 5.82 Å². The topological polar surface area (TPSA) is 79.5 Å². The number of benzene rings is 2. The molecule has 1 atom stereocenters. The van der Waals surface area contributed by atoms with Gasteiger partial charge in [0, 0.05) is 24.2 Å². The number of hydrogen-bond donors (Lipinski definition) is 1. The van der Waals surface area contributed by atoms with Crippen LogP contribution in [0.1, 0.15) is 31.4 Å². The molecule has 1 aromatic heterocycles. The van der Waals surface area contributed by atoms with Crippen LogP contribution in [0, 0.1) is 11.8 Å². The van der Waals surface area contributed by atoms with Crippen LogP contribution >= 0.6 is 0 Å². The molecule has 2 aromatic carbocycles. The number of carboxylic acid groups (broad SMARTS) is 1. The number of carboxylic acids is 1. The van der Waals surface area contributed by atoms with Crippen LogP contribution in [-0.2, 0) is 17.8 Å². The molecule has 156 valence electrons. The lowest BCUT2D eigenvalue weighted by Crippen LogP contribution is -2.22. The van der Waals surface area contributed by atoms with E-state index in [-0.39, 0.29) is 5.92 Å². The fraction of sp³-hybridized carbons (Fsp3) is 0.375. The van der Waals surface area contributed by atoms with E-state index in [4.69, 9.17) is 9.63 Å². The van der Waals surface area contributed by atoms with Crippen LogP contribution in [0.4, 0.5) is 0 Å². The summed E-state index contributed by atoms with van der Waals surface area (Å²) < 4.78 is 5.47. The van der Waals surface area contributed by atoms with Gasteiger partial charge in [-0.25, -0.2) is 0 Å². The van der Waals surface area contributed by atoms with Gasteiger partial charge in [-0.3, -0.25) is 9.69 Å². The van der Waals surface area contributed by atoms with Gasteiger partial charge in [0.15, 0.2) is 0 Å². The lowest BCUT2D eigenvalue weighted by Gasteiger charge is -2.15. The maximum absolute atomic E-state index is 11.1. The van der Waals surface area contributed by atoms with Crippen molar-refractivity contribution in [2.24, 2.45) is 11.8 Å². The van der Waals surface area contributed by atoms with E-state index in [1.165, 1.54) is 5.56 Å². The zero-order chi connectivity index (χ0) is 21.1. The molecule has 30 heavy (non-hydrogen) atoms. The smallest absolute Gasteiger partial charge is 0.307 e. The van der Waals surface area contributed by atoms with Gasteiger partial charge < -0.3 is 9.63 Å². The van der Waals surface area contributed by atoms with Gasteiger partial charge in [-0.05, 0) is 48.6 Å². The molecule has 0 saturated carbocycles. The minimum atomic E-state index is -0.699. The molecule has 6 heteroatoms. The number of carbonyl (C=O) groups is 1. The zero-order valence-corrected chi connectivity index (χ0v) is 17.4. The summed E-state index contributed by atoms with van der Waals surface area (Å²) in [7, 11) is 0. The molecular weight excluding hydrogens is 378 g/mol.